The van der Waals surface area contributed by atoms with Crippen molar-refractivity contribution in [2.75, 3.05) is 17.5 Å². The number of carbonyl (C=O) groups is 1. The Balaban J connectivity index is 2.09. The minimum absolute atomic E-state index is 0.0909. The van der Waals surface area contributed by atoms with E-state index in [-0.39, 0.29) is 5.91 Å². The molecule has 0 spiro atoms. The second-order valence-corrected chi connectivity index (χ2v) is 8.57. The first-order chi connectivity index (χ1) is 10.7. The maximum Gasteiger partial charge on any atom is 0.230 e. The molecule has 5 nitrogen and oxygen atoms in total. The van der Waals surface area contributed by atoms with Crippen molar-refractivity contribution in [1.82, 2.24) is 5.32 Å². The Bertz CT molecular complexity index is 647. The van der Waals surface area contributed by atoms with Crippen molar-refractivity contribution in [2.24, 2.45) is 5.92 Å². The monoisotopic (exact) mass is 338 g/mol. The highest BCUT2D eigenvalue weighted by Crippen LogP contribution is 2.44. The summed E-state index contributed by atoms with van der Waals surface area (Å²) in [6.07, 6.45) is 4.83. The molecule has 1 aromatic rings. The Hall–Kier alpha value is -1.56. The molecule has 2 N–H and O–H groups in total. The second-order valence-electron chi connectivity index (χ2n) is 6.83. The van der Waals surface area contributed by atoms with Crippen LogP contribution in [0.2, 0.25) is 0 Å². The lowest BCUT2D eigenvalue weighted by Crippen LogP contribution is -2.49. The van der Waals surface area contributed by atoms with Gasteiger partial charge in [-0.1, -0.05) is 32.4 Å². The van der Waals surface area contributed by atoms with E-state index in [4.69, 9.17) is 0 Å². The topological polar surface area (TPSA) is 75.3 Å². The van der Waals surface area contributed by atoms with Crippen molar-refractivity contribution in [2.45, 2.75) is 44.9 Å². The molecule has 128 valence electrons. The Morgan fingerprint density at radius 2 is 1.83 bits per heavy atom. The molecule has 1 aliphatic rings. The number of benzene rings is 1. The normalized spacial score (nSPS) is 16.7. The fourth-order valence-electron chi connectivity index (χ4n) is 2.89. The van der Waals surface area contributed by atoms with Gasteiger partial charge in [-0.3, -0.25) is 9.52 Å². The standard InChI is InChI=1S/C17H26N2O3S/c1-13(2)9-12-18-16(20)17(10-4-11-17)14-5-7-15(8-6-14)19-23(3,21)22/h5-8,13,19H,4,9-12H2,1-3H3,(H,18,20). The van der Waals surface area contributed by atoms with Crippen LogP contribution in [0, 0.1) is 5.92 Å². The van der Waals surface area contributed by atoms with E-state index in [2.05, 4.69) is 23.9 Å². The number of amides is 1. The molecule has 0 unspecified atom stereocenters. The first-order valence-electron chi connectivity index (χ1n) is 8.09. The molecule has 0 atom stereocenters. The van der Waals surface area contributed by atoms with Crippen molar-refractivity contribution in [3.05, 3.63) is 29.8 Å². The number of nitrogens with one attached hydrogen (secondary N) is 2. The van der Waals surface area contributed by atoms with Gasteiger partial charge in [-0.25, -0.2) is 8.42 Å². The molecular formula is C17H26N2O3S. The molecule has 1 aliphatic carbocycles. The summed E-state index contributed by atoms with van der Waals surface area (Å²) >= 11 is 0. The lowest BCUT2D eigenvalue weighted by atomic mass is 9.63. The maximum atomic E-state index is 12.6. The van der Waals surface area contributed by atoms with Crippen molar-refractivity contribution in [3.8, 4) is 0 Å². The van der Waals surface area contributed by atoms with Crippen LogP contribution in [-0.4, -0.2) is 27.1 Å². The van der Waals surface area contributed by atoms with Gasteiger partial charge in [0.25, 0.3) is 0 Å². The average Bonchev–Trinajstić information content (AvgIpc) is 2.37. The molecule has 0 saturated heterocycles. The molecule has 0 aliphatic heterocycles. The van der Waals surface area contributed by atoms with E-state index < -0.39 is 15.4 Å². The third kappa shape index (κ3) is 4.47. The average molecular weight is 338 g/mol. The maximum absolute atomic E-state index is 12.6. The van der Waals surface area contributed by atoms with Crippen molar-refractivity contribution >= 4 is 21.6 Å². The third-order valence-corrected chi connectivity index (χ3v) is 5.00. The Labute approximate surface area is 138 Å². The van der Waals surface area contributed by atoms with Crippen LogP contribution in [0.5, 0.6) is 0 Å². The molecular weight excluding hydrogens is 312 g/mol. The van der Waals surface area contributed by atoms with E-state index in [1.165, 1.54) is 0 Å². The highest BCUT2D eigenvalue weighted by Gasteiger charge is 2.45. The summed E-state index contributed by atoms with van der Waals surface area (Å²) in [4.78, 5) is 12.6. The molecule has 1 amide bonds. The Kier molecular flexibility index (Phi) is 5.34. The van der Waals surface area contributed by atoms with E-state index in [1.807, 2.05) is 12.1 Å². The Morgan fingerprint density at radius 3 is 2.26 bits per heavy atom. The van der Waals surface area contributed by atoms with Crippen LogP contribution in [0.25, 0.3) is 0 Å². The van der Waals surface area contributed by atoms with Gasteiger partial charge in [0.05, 0.1) is 11.7 Å². The quantitative estimate of drug-likeness (QED) is 0.802. The minimum atomic E-state index is -3.28. The summed E-state index contributed by atoms with van der Waals surface area (Å²) in [6.45, 7) is 4.98. The van der Waals surface area contributed by atoms with Gasteiger partial charge in [-0.2, -0.15) is 0 Å². The molecule has 0 heterocycles. The van der Waals surface area contributed by atoms with E-state index in [0.29, 0.717) is 18.2 Å². The van der Waals surface area contributed by atoms with Crippen molar-refractivity contribution in [3.63, 3.8) is 0 Å². The van der Waals surface area contributed by atoms with Gasteiger partial charge in [-0.15, -0.1) is 0 Å². The fourth-order valence-corrected chi connectivity index (χ4v) is 3.46. The van der Waals surface area contributed by atoms with Crippen LogP contribution in [0.1, 0.15) is 45.1 Å². The minimum Gasteiger partial charge on any atom is -0.355 e. The highest BCUT2D eigenvalue weighted by molar-refractivity contribution is 7.92. The van der Waals surface area contributed by atoms with Gasteiger partial charge < -0.3 is 5.32 Å². The molecule has 6 heteroatoms. The molecule has 1 aromatic carbocycles. The SMILES string of the molecule is CC(C)CCNC(=O)C1(c2ccc(NS(C)(=O)=O)cc2)CCC1. The molecule has 1 saturated carbocycles. The van der Waals surface area contributed by atoms with Crippen LogP contribution in [0.15, 0.2) is 24.3 Å². The number of carbonyl (C=O) groups excluding carboxylic acids is 1. The highest BCUT2D eigenvalue weighted by atomic mass is 32.2. The summed E-state index contributed by atoms with van der Waals surface area (Å²) in [5.74, 6) is 0.655. The zero-order valence-corrected chi connectivity index (χ0v) is 14.9. The van der Waals surface area contributed by atoms with E-state index in [9.17, 15) is 13.2 Å². The number of hydrogen-bond acceptors (Lipinski definition) is 3. The molecule has 0 radical (unpaired) electrons. The van der Waals surface area contributed by atoms with E-state index in [0.717, 1.165) is 37.5 Å². The smallest absolute Gasteiger partial charge is 0.230 e. The first-order valence-corrected chi connectivity index (χ1v) is 9.99. The summed E-state index contributed by atoms with van der Waals surface area (Å²) in [6, 6.07) is 7.15. The lowest BCUT2D eigenvalue weighted by molar-refractivity contribution is -0.129. The van der Waals surface area contributed by atoms with Gasteiger partial charge >= 0.3 is 0 Å². The van der Waals surface area contributed by atoms with Gasteiger partial charge in [-0.05, 0) is 42.9 Å². The number of anilines is 1. The van der Waals surface area contributed by atoms with Gasteiger partial charge in [0.15, 0.2) is 0 Å². The molecule has 23 heavy (non-hydrogen) atoms. The largest absolute Gasteiger partial charge is 0.355 e. The van der Waals surface area contributed by atoms with E-state index >= 15 is 0 Å². The summed E-state index contributed by atoms with van der Waals surface area (Å²) in [5, 5.41) is 3.06. The predicted octanol–water partition coefficient (Wildman–Crippen LogP) is 2.64. The predicted molar refractivity (Wildman–Crippen MR) is 92.9 cm³/mol. The summed E-state index contributed by atoms with van der Waals surface area (Å²) in [7, 11) is -3.28. The molecule has 1 fully saturated rings. The zero-order chi connectivity index (χ0) is 17.1. The fraction of sp³-hybridized carbons (Fsp3) is 0.588. The van der Waals surface area contributed by atoms with Crippen LogP contribution in [0.4, 0.5) is 5.69 Å². The number of rotatable bonds is 7. The van der Waals surface area contributed by atoms with Crippen LogP contribution < -0.4 is 10.0 Å². The molecule has 0 bridgehead atoms. The summed E-state index contributed by atoms with van der Waals surface area (Å²) in [5.41, 5.74) is 1.04. The molecule has 0 aromatic heterocycles. The summed E-state index contributed by atoms with van der Waals surface area (Å²) < 4.78 is 25.0. The third-order valence-electron chi connectivity index (χ3n) is 4.39. The van der Waals surface area contributed by atoms with Crippen LogP contribution in [-0.2, 0) is 20.2 Å². The van der Waals surface area contributed by atoms with E-state index in [1.54, 1.807) is 12.1 Å². The molecule has 2 rings (SSSR count). The Morgan fingerprint density at radius 1 is 1.22 bits per heavy atom. The first kappa shape index (κ1) is 17.8. The van der Waals surface area contributed by atoms with Crippen LogP contribution >= 0.6 is 0 Å². The van der Waals surface area contributed by atoms with Crippen molar-refractivity contribution in [1.29, 1.82) is 0 Å². The number of hydrogen-bond donors (Lipinski definition) is 2. The lowest BCUT2D eigenvalue weighted by Gasteiger charge is -2.41. The van der Waals surface area contributed by atoms with Gasteiger partial charge in [0.2, 0.25) is 15.9 Å². The second kappa shape index (κ2) is 6.91. The van der Waals surface area contributed by atoms with Crippen molar-refractivity contribution < 1.29 is 13.2 Å². The number of sulfonamides is 1. The van der Waals surface area contributed by atoms with Gasteiger partial charge in [0.1, 0.15) is 0 Å². The zero-order valence-electron chi connectivity index (χ0n) is 14.1. The van der Waals surface area contributed by atoms with Crippen LogP contribution in [0.3, 0.4) is 0 Å². The van der Waals surface area contributed by atoms with Gasteiger partial charge in [0, 0.05) is 12.2 Å².